The first-order valence-electron chi connectivity index (χ1n) is 7.98. The van der Waals surface area contributed by atoms with Gasteiger partial charge in [0, 0.05) is 27.7 Å². The minimum atomic E-state index is -0.643. The molecule has 0 saturated heterocycles. The average molecular weight is 390 g/mol. The summed E-state index contributed by atoms with van der Waals surface area (Å²) >= 11 is 3.48. The van der Waals surface area contributed by atoms with Gasteiger partial charge in [-0.2, -0.15) is 0 Å². The van der Waals surface area contributed by atoms with Crippen molar-refractivity contribution in [1.29, 1.82) is 0 Å². The molecule has 126 valence electrons. The third-order valence-electron chi connectivity index (χ3n) is 4.39. The van der Waals surface area contributed by atoms with Crippen molar-refractivity contribution in [3.63, 3.8) is 0 Å². The van der Waals surface area contributed by atoms with Gasteiger partial charge in [0.15, 0.2) is 0 Å². The van der Waals surface area contributed by atoms with Crippen molar-refractivity contribution in [2.45, 2.75) is 32.6 Å². The van der Waals surface area contributed by atoms with Crippen molar-refractivity contribution in [3.05, 3.63) is 64.1 Å². The van der Waals surface area contributed by atoms with Gasteiger partial charge in [0.25, 0.3) is 0 Å². The Balaban J connectivity index is 1.71. The SMILES string of the molecule is CC1Nc2ccc(Br)cc2C(OC(=O)OCc2ccccc2)C1C. The van der Waals surface area contributed by atoms with Crippen molar-refractivity contribution in [2.75, 3.05) is 5.32 Å². The maximum absolute atomic E-state index is 12.2. The zero-order chi connectivity index (χ0) is 17.1. The minimum absolute atomic E-state index is 0.135. The Bertz CT molecular complexity index is 720. The molecule has 0 saturated carbocycles. The highest BCUT2D eigenvalue weighted by Crippen LogP contribution is 2.40. The fourth-order valence-corrected chi connectivity index (χ4v) is 3.23. The van der Waals surface area contributed by atoms with Crippen LogP contribution < -0.4 is 5.32 Å². The third kappa shape index (κ3) is 3.73. The molecular weight excluding hydrogens is 370 g/mol. The fourth-order valence-electron chi connectivity index (χ4n) is 2.85. The number of halogens is 1. The molecule has 1 aliphatic rings. The highest BCUT2D eigenvalue weighted by atomic mass is 79.9. The molecule has 0 radical (unpaired) electrons. The predicted molar refractivity (Wildman–Crippen MR) is 96.8 cm³/mol. The van der Waals surface area contributed by atoms with Crippen LogP contribution in [0.2, 0.25) is 0 Å². The molecule has 0 amide bonds. The smallest absolute Gasteiger partial charge is 0.429 e. The predicted octanol–water partition coefficient (Wildman–Crippen LogP) is 5.29. The van der Waals surface area contributed by atoms with Crippen molar-refractivity contribution >= 4 is 27.8 Å². The molecule has 3 rings (SSSR count). The molecule has 3 atom stereocenters. The van der Waals surface area contributed by atoms with Crippen LogP contribution in [-0.2, 0) is 16.1 Å². The van der Waals surface area contributed by atoms with Crippen molar-refractivity contribution in [3.8, 4) is 0 Å². The Morgan fingerprint density at radius 2 is 1.92 bits per heavy atom. The summed E-state index contributed by atoms with van der Waals surface area (Å²) in [7, 11) is 0. The molecule has 0 fully saturated rings. The van der Waals surface area contributed by atoms with Crippen molar-refractivity contribution < 1.29 is 14.3 Å². The second kappa shape index (κ2) is 7.26. The van der Waals surface area contributed by atoms with E-state index in [1.807, 2.05) is 48.5 Å². The van der Waals surface area contributed by atoms with E-state index in [0.717, 1.165) is 21.3 Å². The van der Waals surface area contributed by atoms with Gasteiger partial charge in [-0.15, -0.1) is 0 Å². The number of benzene rings is 2. The molecule has 5 heteroatoms. The second-order valence-electron chi connectivity index (χ2n) is 6.09. The van der Waals surface area contributed by atoms with E-state index in [1.54, 1.807) is 0 Å². The average Bonchev–Trinajstić information content (AvgIpc) is 2.59. The van der Waals surface area contributed by atoms with Crippen LogP contribution in [0, 0.1) is 5.92 Å². The van der Waals surface area contributed by atoms with Crippen LogP contribution in [0.1, 0.15) is 31.1 Å². The number of carbonyl (C=O) groups excluding carboxylic acids is 1. The van der Waals surface area contributed by atoms with Crippen molar-refractivity contribution in [1.82, 2.24) is 0 Å². The molecule has 4 nitrogen and oxygen atoms in total. The van der Waals surface area contributed by atoms with Gasteiger partial charge in [-0.05, 0) is 30.7 Å². The molecular formula is C19H20BrNO3. The summed E-state index contributed by atoms with van der Waals surface area (Å²) in [6.45, 7) is 4.36. The molecule has 1 heterocycles. The van der Waals surface area contributed by atoms with Crippen LogP contribution in [0.5, 0.6) is 0 Å². The number of nitrogens with one attached hydrogen (secondary N) is 1. The van der Waals surface area contributed by atoms with Crippen LogP contribution >= 0.6 is 15.9 Å². The normalized spacial score (nSPS) is 22.2. The largest absolute Gasteiger partial charge is 0.509 e. The van der Waals surface area contributed by atoms with E-state index in [9.17, 15) is 4.79 Å². The van der Waals surface area contributed by atoms with Gasteiger partial charge >= 0.3 is 6.16 Å². The molecule has 0 aliphatic carbocycles. The number of hydrogen-bond acceptors (Lipinski definition) is 4. The Morgan fingerprint density at radius 3 is 2.67 bits per heavy atom. The summed E-state index contributed by atoms with van der Waals surface area (Å²) in [5.74, 6) is 0.135. The summed E-state index contributed by atoms with van der Waals surface area (Å²) < 4.78 is 11.9. The number of anilines is 1. The Labute approximate surface area is 150 Å². The summed E-state index contributed by atoms with van der Waals surface area (Å²) in [4.78, 5) is 12.2. The lowest BCUT2D eigenvalue weighted by molar-refractivity contribution is -0.00397. The molecule has 0 spiro atoms. The monoisotopic (exact) mass is 389 g/mol. The van der Waals surface area contributed by atoms with E-state index in [2.05, 4.69) is 35.1 Å². The minimum Gasteiger partial charge on any atom is -0.429 e. The van der Waals surface area contributed by atoms with E-state index < -0.39 is 6.16 Å². The van der Waals surface area contributed by atoms with Gasteiger partial charge in [-0.25, -0.2) is 4.79 Å². The van der Waals surface area contributed by atoms with E-state index in [1.165, 1.54) is 0 Å². The van der Waals surface area contributed by atoms with Gasteiger partial charge in [0.1, 0.15) is 12.7 Å². The first-order valence-corrected chi connectivity index (χ1v) is 8.77. The molecule has 1 N–H and O–H groups in total. The van der Waals surface area contributed by atoms with Crippen LogP contribution in [0.15, 0.2) is 53.0 Å². The highest BCUT2D eigenvalue weighted by Gasteiger charge is 2.34. The van der Waals surface area contributed by atoms with Crippen LogP contribution in [0.4, 0.5) is 10.5 Å². The number of rotatable bonds is 3. The summed E-state index contributed by atoms with van der Waals surface area (Å²) in [5.41, 5.74) is 2.89. The first kappa shape index (κ1) is 16.8. The highest BCUT2D eigenvalue weighted by molar-refractivity contribution is 9.10. The number of ether oxygens (including phenoxy) is 2. The maximum atomic E-state index is 12.2. The summed E-state index contributed by atoms with van der Waals surface area (Å²) in [6.07, 6.45) is -0.979. The topological polar surface area (TPSA) is 47.6 Å². The third-order valence-corrected chi connectivity index (χ3v) is 4.89. The van der Waals surface area contributed by atoms with E-state index in [0.29, 0.717) is 0 Å². The Kier molecular flexibility index (Phi) is 5.09. The van der Waals surface area contributed by atoms with E-state index >= 15 is 0 Å². The number of carbonyl (C=O) groups is 1. The molecule has 3 unspecified atom stereocenters. The van der Waals surface area contributed by atoms with Gasteiger partial charge in [0.2, 0.25) is 0 Å². The quantitative estimate of drug-likeness (QED) is 0.724. The zero-order valence-electron chi connectivity index (χ0n) is 13.7. The lowest BCUT2D eigenvalue weighted by Gasteiger charge is -2.36. The van der Waals surface area contributed by atoms with Gasteiger partial charge < -0.3 is 14.8 Å². The molecule has 0 bridgehead atoms. The number of hydrogen-bond donors (Lipinski definition) is 1. The maximum Gasteiger partial charge on any atom is 0.509 e. The zero-order valence-corrected chi connectivity index (χ0v) is 15.2. The molecule has 2 aromatic rings. The lowest BCUT2D eigenvalue weighted by Crippen LogP contribution is -2.36. The van der Waals surface area contributed by atoms with Gasteiger partial charge in [-0.3, -0.25) is 0 Å². The van der Waals surface area contributed by atoms with E-state index in [4.69, 9.17) is 9.47 Å². The molecule has 24 heavy (non-hydrogen) atoms. The van der Waals surface area contributed by atoms with Crippen LogP contribution in [0.3, 0.4) is 0 Å². The second-order valence-corrected chi connectivity index (χ2v) is 7.00. The summed E-state index contributed by atoms with van der Waals surface area (Å²) in [5, 5.41) is 3.44. The Morgan fingerprint density at radius 1 is 1.17 bits per heavy atom. The molecule has 0 aromatic heterocycles. The fraction of sp³-hybridized carbons (Fsp3) is 0.316. The standard InChI is InChI=1S/C19H20BrNO3/c1-12-13(2)21-17-9-8-15(20)10-16(17)18(12)24-19(22)23-11-14-6-4-3-5-7-14/h3-10,12-13,18,21H,11H2,1-2H3. The van der Waals surface area contributed by atoms with Gasteiger partial charge in [-0.1, -0.05) is 53.2 Å². The lowest BCUT2D eigenvalue weighted by atomic mass is 9.86. The molecule has 2 aromatic carbocycles. The number of fused-ring (bicyclic) bond motifs is 1. The van der Waals surface area contributed by atoms with Crippen molar-refractivity contribution in [2.24, 2.45) is 5.92 Å². The van der Waals surface area contributed by atoms with Crippen LogP contribution in [0.25, 0.3) is 0 Å². The van der Waals surface area contributed by atoms with Crippen LogP contribution in [-0.4, -0.2) is 12.2 Å². The van der Waals surface area contributed by atoms with Gasteiger partial charge in [0.05, 0.1) is 0 Å². The van der Waals surface area contributed by atoms with E-state index in [-0.39, 0.29) is 24.7 Å². The first-order chi connectivity index (χ1) is 11.5. The molecule has 1 aliphatic heterocycles. The summed E-state index contributed by atoms with van der Waals surface area (Å²) in [6, 6.07) is 15.7. The Hall–Kier alpha value is -2.01.